The van der Waals surface area contributed by atoms with E-state index < -0.39 is 0 Å². The van der Waals surface area contributed by atoms with Gasteiger partial charge in [0.2, 0.25) is 16.5 Å². The van der Waals surface area contributed by atoms with Crippen molar-refractivity contribution in [2.24, 2.45) is 0 Å². The van der Waals surface area contributed by atoms with Crippen LogP contribution in [0.2, 0.25) is 10.6 Å². The minimum absolute atomic E-state index is 0.0283. The number of nitrogens with one attached hydrogen (secondary N) is 1. The normalized spacial score (nSPS) is 19.7. The van der Waals surface area contributed by atoms with E-state index in [-0.39, 0.29) is 21.6 Å². The molecule has 0 unspecified atom stereocenters. The molecule has 1 aliphatic rings. The molecular weight excluding hydrogens is 371 g/mol. The summed E-state index contributed by atoms with van der Waals surface area (Å²) in [5.74, 6) is 0.570. The van der Waals surface area contributed by atoms with Gasteiger partial charge in [0.15, 0.2) is 0 Å². The van der Waals surface area contributed by atoms with E-state index in [1.54, 1.807) is 0 Å². The third kappa shape index (κ3) is 5.91. The van der Waals surface area contributed by atoms with Crippen LogP contribution < -0.4 is 10.2 Å². The fourth-order valence-corrected chi connectivity index (χ4v) is 4.52. The van der Waals surface area contributed by atoms with Crippen LogP contribution in [0.4, 0.5) is 5.95 Å². The number of aromatic nitrogens is 3. The summed E-state index contributed by atoms with van der Waals surface area (Å²) in [5.41, 5.74) is 0.0565. The largest absolute Gasteiger partial charge is 0.336 e. The van der Waals surface area contributed by atoms with Crippen molar-refractivity contribution in [1.29, 1.82) is 0 Å². The lowest BCUT2D eigenvalue weighted by molar-refractivity contribution is 0.156. The fraction of sp³-hybridized carbons (Fsp3) is 0.833. The van der Waals surface area contributed by atoms with E-state index in [1.165, 1.54) is 0 Å². The lowest BCUT2D eigenvalue weighted by atomic mass is 9.79. The van der Waals surface area contributed by atoms with Crippen LogP contribution in [0, 0.1) is 0 Å². The first-order chi connectivity index (χ1) is 12.0. The van der Waals surface area contributed by atoms with E-state index >= 15 is 0 Å². The van der Waals surface area contributed by atoms with Gasteiger partial charge in [0.05, 0.1) is 0 Å². The van der Waals surface area contributed by atoms with Gasteiger partial charge in [0.1, 0.15) is 0 Å². The first kappa shape index (κ1) is 21.6. The highest BCUT2D eigenvalue weighted by Crippen LogP contribution is 2.33. The highest BCUT2D eigenvalue weighted by molar-refractivity contribution is 6.31. The highest BCUT2D eigenvalue weighted by atomic mass is 35.5. The summed E-state index contributed by atoms with van der Waals surface area (Å²) in [6.07, 6.45) is 1.99. The molecular formula is C18H32Cl2N6. The fourth-order valence-electron chi connectivity index (χ4n) is 4.17. The van der Waals surface area contributed by atoms with Gasteiger partial charge in [-0.15, -0.1) is 0 Å². The molecule has 0 aliphatic carbocycles. The number of likely N-dealkylation sites (N-methyl/N-ethyl adjacent to an activating group) is 1. The molecule has 2 heterocycles. The topological polar surface area (TPSA) is 57.2 Å². The molecule has 8 heteroatoms. The summed E-state index contributed by atoms with van der Waals surface area (Å²) in [6, 6.07) is 0.298. The second-order valence-corrected chi connectivity index (χ2v) is 9.02. The van der Waals surface area contributed by atoms with Crippen LogP contribution in [0.1, 0.15) is 54.4 Å². The molecule has 1 saturated heterocycles. The molecule has 0 aromatic carbocycles. The molecule has 6 nitrogen and oxygen atoms in total. The zero-order chi connectivity index (χ0) is 19.5. The molecule has 0 saturated carbocycles. The van der Waals surface area contributed by atoms with Gasteiger partial charge in [-0.2, -0.15) is 15.0 Å². The zero-order valence-electron chi connectivity index (χ0n) is 16.8. The highest BCUT2D eigenvalue weighted by Gasteiger charge is 2.40. The number of anilines is 1. The van der Waals surface area contributed by atoms with E-state index in [2.05, 4.69) is 71.6 Å². The average molecular weight is 403 g/mol. The summed E-state index contributed by atoms with van der Waals surface area (Å²) in [6.45, 7) is 17.2. The van der Waals surface area contributed by atoms with Gasteiger partial charge in [0.25, 0.3) is 0 Å². The molecule has 1 aromatic rings. The second-order valence-electron chi connectivity index (χ2n) is 8.35. The van der Waals surface area contributed by atoms with E-state index in [1.807, 2.05) is 0 Å². The Morgan fingerprint density at radius 1 is 0.923 bits per heavy atom. The SMILES string of the molecule is CCN(CC)CCN(c1nc(Cl)nc(Cl)n1)C1CC(C)(C)NC(C)(C)C1. The minimum atomic E-state index is 0.0283. The van der Waals surface area contributed by atoms with Crippen molar-refractivity contribution in [3.8, 4) is 0 Å². The third-order valence-electron chi connectivity index (χ3n) is 4.99. The standard InChI is InChI=1S/C18H32Cl2N6/c1-7-25(8-2)9-10-26(16-22-14(19)21-15(20)23-16)13-11-17(3,4)24-18(5,6)12-13/h13,24H,7-12H2,1-6H3. The molecule has 0 bridgehead atoms. The summed E-state index contributed by atoms with van der Waals surface area (Å²) in [5, 5.41) is 4.01. The maximum absolute atomic E-state index is 6.07. The molecule has 0 atom stereocenters. The van der Waals surface area contributed by atoms with Crippen LogP contribution in [-0.2, 0) is 0 Å². The molecule has 0 amide bonds. The lowest BCUT2D eigenvalue weighted by Gasteiger charge is -2.49. The van der Waals surface area contributed by atoms with Gasteiger partial charge in [-0.3, -0.25) is 0 Å². The maximum atomic E-state index is 6.07. The zero-order valence-corrected chi connectivity index (χ0v) is 18.3. The predicted octanol–water partition coefficient (Wildman–Crippen LogP) is 3.64. The molecule has 1 aromatic heterocycles. The Morgan fingerprint density at radius 2 is 1.42 bits per heavy atom. The molecule has 26 heavy (non-hydrogen) atoms. The second kappa shape index (κ2) is 8.55. The van der Waals surface area contributed by atoms with Crippen LogP contribution in [-0.4, -0.2) is 63.2 Å². The minimum Gasteiger partial charge on any atom is -0.336 e. The monoisotopic (exact) mass is 402 g/mol. The Bertz CT molecular complexity index is 567. The van der Waals surface area contributed by atoms with Gasteiger partial charge in [-0.05, 0) is 76.8 Å². The molecule has 2 rings (SSSR count). The van der Waals surface area contributed by atoms with E-state index in [0.717, 1.165) is 39.0 Å². The van der Waals surface area contributed by atoms with Crippen molar-refractivity contribution in [3.63, 3.8) is 0 Å². The van der Waals surface area contributed by atoms with E-state index in [4.69, 9.17) is 23.2 Å². The smallest absolute Gasteiger partial charge is 0.231 e. The number of rotatable bonds is 7. The first-order valence-electron chi connectivity index (χ1n) is 9.40. The first-order valence-corrected chi connectivity index (χ1v) is 10.2. The number of hydrogen-bond donors (Lipinski definition) is 1. The Labute approximate surface area is 167 Å². The Balaban J connectivity index is 2.32. The molecule has 1 fully saturated rings. The van der Waals surface area contributed by atoms with Crippen LogP contribution in [0.15, 0.2) is 0 Å². The van der Waals surface area contributed by atoms with E-state index in [9.17, 15) is 0 Å². The summed E-state index contributed by atoms with van der Waals surface area (Å²) < 4.78 is 0. The molecule has 1 N–H and O–H groups in total. The quantitative estimate of drug-likeness (QED) is 0.750. The predicted molar refractivity (Wildman–Crippen MR) is 109 cm³/mol. The van der Waals surface area contributed by atoms with Gasteiger partial charge >= 0.3 is 0 Å². The summed E-state index contributed by atoms with van der Waals surface area (Å²) >= 11 is 12.1. The molecule has 0 spiro atoms. The Morgan fingerprint density at radius 3 is 1.88 bits per heavy atom. The van der Waals surface area contributed by atoms with Crippen molar-refractivity contribution in [2.45, 2.75) is 71.5 Å². The van der Waals surface area contributed by atoms with Crippen LogP contribution in [0.5, 0.6) is 0 Å². The van der Waals surface area contributed by atoms with Crippen LogP contribution >= 0.6 is 23.2 Å². The number of hydrogen-bond acceptors (Lipinski definition) is 6. The summed E-state index contributed by atoms with van der Waals surface area (Å²) in [4.78, 5) is 17.3. The van der Waals surface area contributed by atoms with Gasteiger partial charge in [0, 0.05) is 30.2 Å². The van der Waals surface area contributed by atoms with Gasteiger partial charge in [-0.25, -0.2) is 0 Å². The van der Waals surface area contributed by atoms with Gasteiger partial charge in [-0.1, -0.05) is 13.8 Å². The van der Waals surface area contributed by atoms with Crippen molar-refractivity contribution in [2.75, 3.05) is 31.1 Å². The van der Waals surface area contributed by atoms with Crippen LogP contribution in [0.3, 0.4) is 0 Å². The molecule has 148 valence electrons. The number of halogens is 2. The lowest BCUT2D eigenvalue weighted by Crippen LogP contribution is -2.63. The maximum Gasteiger partial charge on any atom is 0.231 e. The molecule has 1 aliphatic heterocycles. The van der Waals surface area contributed by atoms with Crippen molar-refractivity contribution < 1.29 is 0 Å². The van der Waals surface area contributed by atoms with Crippen molar-refractivity contribution in [3.05, 3.63) is 10.6 Å². The van der Waals surface area contributed by atoms with Crippen molar-refractivity contribution >= 4 is 29.2 Å². The Kier molecular flexibility index (Phi) is 7.10. The summed E-state index contributed by atoms with van der Waals surface area (Å²) in [7, 11) is 0. The average Bonchev–Trinajstić information content (AvgIpc) is 2.47. The number of piperidine rings is 1. The van der Waals surface area contributed by atoms with Gasteiger partial charge < -0.3 is 15.1 Å². The third-order valence-corrected chi connectivity index (χ3v) is 5.32. The molecule has 0 radical (unpaired) electrons. The Hall–Kier alpha value is -0.690. The van der Waals surface area contributed by atoms with E-state index in [0.29, 0.717) is 12.0 Å². The number of nitrogens with zero attached hydrogens (tertiary/aromatic N) is 5. The van der Waals surface area contributed by atoms with Crippen LogP contribution in [0.25, 0.3) is 0 Å². The van der Waals surface area contributed by atoms with Crippen molar-refractivity contribution in [1.82, 2.24) is 25.2 Å².